The highest BCUT2D eigenvalue weighted by molar-refractivity contribution is 6.09. The van der Waals surface area contributed by atoms with Gasteiger partial charge in [-0.2, -0.15) is 4.98 Å². The Hall–Kier alpha value is -7.44. The molecule has 0 amide bonds. The number of nitrogens with zero attached hydrogens (tertiary/aromatic N) is 4. The highest BCUT2D eigenvalue weighted by Gasteiger charge is 2.18. The molecule has 8 aromatic carbocycles. The molecule has 0 unspecified atom stereocenters. The minimum atomic E-state index is 0.525. The van der Waals surface area contributed by atoms with Crippen molar-refractivity contribution < 1.29 is 8.83 Å². The van der Waals surface area contributed by atoms with Crippen LogP contribution in [-0.4, -0.2) is 14.5 Å². The highest BCUT2D eigenvalue weighted by Crippen LogP contribution is 2.38. The number of hydrogen-bond donors (Lipinski definition) is 0. The van der Waals surface area contributed by atoms with E-state index in [1.54, 1.807) is 0 Å². The lowest BCUT2D eigenvalue weighted by molar-refractivity contribution is 0.574. The molecule has 0 spiro atoms. The maximum Gasteiger partial charge on any atom is 0.307 e. The maximum atomic E-state index is 6.42. The third-order valence-electron chi connectivity index (χ3n) is 10.2. The van der Waals surface area contributed by atoms with Crippen molar-refractivity contribution in [2.75, 3.05) is 4.90 Å². The van der Waals surface area contributed by atoms with E-state index in [0.717, 1.165) is 72.2 Å². The summed E-state index contributed by atoms with van der Waals surface area (Å²) in [5, 5.41) is 4.75. The third-order valence-corrected chi connectivity index (χ3v) is 10.2. The van der Waals surface area contributed by atoms with Gasteiger partial charge in [-0.05, 0) is 101 Å². The molecule has 11 rings (SSSR count). The van der Waals surface area contributed by atoms with E-state index >= 15 is 0 Å². The van der Waals surface area contributed by atoms with Crippen LogP contribution in [0.5, 0.6) is 0 Å². The van der Waals surface area contributed by atoms with Crippen LogP contribution in [0.15, 0.2) is 191 Å². The standard InChI is InChI=1S/C48H30N4O2/c1-2-12-36(13-3-1)51(38-25-20-31-10-4-5-11-33(31)28-38)37-23-18-32(19-24-37)34-21-26-41-45(29-34)53-47(49-41)35-22-27-42-46(30-35)54-48(50-42)52-43-16-8-6-14-39(43)40-15-7-9-17-44(40)52/h1-30H. The van der Waals surface area contributed by atoms with Gasteiger partial charge in [0.05, 0.1) is 11.0 Å². The van der Waals surface area contributed by atoms with Crippen LogP contribution in [0, 0.1) is 0 Å². The fourth-order valence-corrected chi connectivity index (χ4v) is 7.64. The summed E-state index contributed by atoms with van der Waals surface area (Å²) in [6.45, 7) is 0. The quantitative estimate of drug-likeness (QED) is 0.173. The van der Waals surface area contributed by atoms with Gasteiger partial charge in [-0.1, -0.05) is 103 Å². The van der Waals surface area contributed by atoms with E-state index in [4.69, 9.17) is 18.8 Å². The number of benzene rings is 8. The molecule has 6 heteroatoms. The molecule has 0 saturated carbocycles. The second-order valence-corrected chi connectivity index (χ2v) is 13.5. The smallest absolute Gasteiger partial charge is 0.307 e. The van der Waals surface area contributed by atoms with Crippen LogP contribution in [-0.2, 0) is 0 Å². The number of rotatable bonds is 6. The summed E-state index contributed by atoms with van der Waals surface area (Å²) in [7, 11) is 0. The summed E-state index contributed by atoms with van der Waals surface area (Å²) in [6, 6.07) is 63.5. The van der Waals surface area contributed by atoms with E-state index in [9.17, 15) is 0 Å². The Bertz CT molecular complexity index is 3120. The van der Waals surface area contributed by atoms with Gasteiger partial charge in [-0.3, -0.25) is 4.57 Å². The predicted molar refractivity (Wildman–Crippen MR) is 219 cm³/mol. The van der Waals surface area contributed by atoms with Crippen molar-refractivity contribution in [2.24, 2.45) is 0 Å². The number of hydrogen-bond acceptors (Lipinski definition) is 5. The van der Waals surface area contributed by atoms with Gasteiger partial charge in [0.25, 0.3) is 0 Å². The summed E-state index contributed by atoms with van der Waals surface area (Å²) in [6.07, 6.45) is 0. The zero-order valence-corrected chi connectivity index (χ0v) is 28.9. The van der Waals surface area contributed by atoms with E-state index in [0.29, 0.717) is 17.5 Å². The van der Waals surface area contributed by atoms with Crippen molar-refractivity contribution in [3.05, 3.63) is 182 Å². The second-order valence-electron chi connectivity index (χ2n) is 13.5. The first-order valence-corrected chi connectivity index (χ1v) is 18.0. The monoisotopic (exact) mass is 694 g/mol. The Balaban J connectivity index is 0.916. The molecule has 0 atom stereocenters. The Morgan fingerprint density at radius 3 is 1.76 bits per heavy atom. The van der Waals surface area contributed by atoms with Crippen LogP contribution < -0.4 is 4.90 Å². The Morgan fingerprint density at radius 2 is 0.981 bits per heavy atom. The van der Waals surface area contributed by atoms with Crippen molar-refractivity contribution in [3.8, 4) is 28.6 Å². The summed E-state index contributed by atoms with van der Waals surface area (Å²) in [5.74, 6) is 0.531. The van der Waals surface area contributed by atoms with Crippen LogP contribution in [0.3, 0.4) is 0 Å². The van der Waals surface area contributed by atoms with E-state index < -0.39 is 0 Å². The molecule has 0 aliphatic rings. The van der Waals surface area contributed by atoms with Crippen molar-refractivity contribution >= 4 is 71.8 Å². The molecule has 54 heavy (non-hydrogen) atoms. The zero-order chi connectivity index (χ0) is 35.6. The van der Waals surface area contributed by atoms with Crippen molar-refractivity contribution in [1.29, 1.82) is 0 Å². The van der Waals surface area contributed by atoms with Gasteiger partial charge in [0.1, 0.15) is 11.0 Å². The molecule has 254 valence electrons. The molecule has 0 aliphatic carbocycles. The van der Waals surface area contributed by atoms with Crippen LogP contribution in [0.2, 0.25) is 0 Å². The molecule has 0 fully saturated rings. The maximum absolute atomic E-state index is 6.42. The minimum Gasteiger partial charge on any atom is -0.436 e. The van der Waals surface area contributed by atoms with E-state index in [1.165, 1.54) is 10.8 Å². The fourth-order valence-electron chi connectivity index (χ4n) is 7.64. The lowest BCUT2D eigenvalue weighted by Gasteiger charge is -2.26. The van der Waals surface area contributed by atoms with E-state index in [-0.39, 0.29) is 0 Å². The average molecular weight is 695 g/mol. The SMILES string of the molecule is c1ccc(N(c2ccc(-c3ccc4nc(-c5ccc6nc(-n7c8ccccc8c8ccccc87)oc6c5)oc4c3)cc2)c2ccc3ccccc3c2)cc1. The van der Waals surface area contributed by atoms with Crippen LogP contribution in [0.4, 0.5) is 17.1 Å². The Morgan fingerprint density at radius 1 is 0.407 bits per heavy atom. The van der Waals surface area contributed by atoms with E-state index in [2.05, 4.69) is 149 Å². The first-order chi connectivity index (χ1) is 26.7. The Labute approximate surface area is 309 Å². The number of fused-ring (bicyclic) bond motifs is 6. The van der Waals surface area contributed by atoms with Gasteiger partial charge in [-0.25, -0.2) is 4.98 Å². The number of oxazole rings is 2. The fraction of sp³-hybridized carbons (Fsp3) is 0. The molecule has 0 radical (unpaired) electrons. The van der Waals surface area contributed by atoms with Crippen molar-refractivity contribution in [3.63, 3.8) is 0 Å². The van der Waals surface area contributed by atoms with Gasteiger partial charge in [0.2, 0.25) is 5.89 Å². The average Bonchev–Trinajstić information content (AvgIpc) is 3.95. The topological polar surface area (TPSA) is 60.2 Å². The largest absolute Gasteiger partial charge is 0.436 e. The molecule has 0 saturated heterocycles. The third kappa shape index (κ3) is 4.96. The predicted octanol–water partition coefficient (Wildman–Crippen LogP) is 13.0. The van der Waals surface area contributed by atoms with Crippen molar-refractivity contribution in [1.82, 2.24) is 14.5 Å². The van der Waals surface area contributed by atoms with Gasteiger partial charge in [0, 0.05) is 33.4 Å². The molecule has 0 N–H and O–H groups in total. The molecule has 11 aromatic rings. The number of para-hydroxylation sites is 3. The lowest BCUT2D eigenvalue weighted by Crippen LogP contribution is -2.09. The van der Waals surface area contributed by atoms with Gasteiger partial charge >= 0.3 is 6.01 Å². The van der Waals surface area contributed by atoms with Crippen molar-refractivity contribution in [2.45, 2.75) is 0 Å². The molecule has 6 nitrogen and oxygen atoms in total. The molecule has 0 bridgehead atoms. The summed E-state index contributed by atoms with van der Waals surface area (Å²) in [4.78, 5) is 12.0. The van der Waals surface area contributed by atoms with Gasteiger partial charge in [0.15, 0.2) is 11.2 Å². The number of anilines is 3. The summed E-state index contributed by atoms with van der Waals surface area (Å²) in [5.41, 5.74) is 11.3. The zero-order valence-electron chi connectivity index (χ0n) is 28.9. The first-order valence-electron chi connectivity index (χ1n) is 18.0. The summed E-state index contributed by atoms with van der Waals surface area (Å²) < 4.78 is 14.9. The van der Waals surface area contributed by atoms with Gasteiger partial charge < -0.3 is 13.7 Å². The molecular weight excluding hydrogens is 665 g/mol. The molecule has 3 heterocycles. The van der Waals surface area contributed by atoms with Gasteiger partial charge in [-0.15, -0.1) is 0 Å². The summed E-state index contributed by atoms with van der Waals surface area (Å²) >= 11 is 0. The van der Waals surface area contributed by atoms with Crippen LogP contribution in [0.25, 0.3) is 83.4 Å². The minimum absolute atomic E-state index is 0.525. The number of aromatic nitrogens is 3. The highest BCUT2D eigenvalue weighted by atomic mass is 16.4. The molecular formula is C48H30N4O2. The normalized spacial score (nSPS) is 11.7. The lowest BCUT2D eigenvalue weighted by atomic mass is 10.0. The Kier molecular flexibility index (Phi) is 6.75. The second kappa shape index (κ2) is 12.1. The van der Waals surface area contributed by atoms with E-state index in [1.807, 2.05) is 42.5 Å². The molecule has 0 aliphatic heterocycles. The first kappa shape index (κ1) is 30.2. The molecule has 3 aromatic heterocycles. The van der Waals surface area contributed by atoms with Crippen LogP contribution in [0.1, 0.15) is 0 Å². The van der Waals surface area contributed by atoms with Crippen LogP contribution >= 0.6 is 0 Å².